The van der Waals surface area contributed by atoms with Crippen molar-refractivity contribution in [1.82, 2.24) is 9.55 Å². The largest absolute Gasteiger partial charge is 0.325 e. The number of hydrogen-bond acceptors (Lipinski definition) is 3. The minimum absolute atomic E-state index is 0.205. The van der Waals surface area contributed by atoms with E-state index in [9.17, 15) is 0 Å². The topological polar surface area (TPSA) is 43.8 Å². The van der Waals surface area contributed by atoms with Gasteiger partial charge in [-0.2, -0.15) is 0 Å². The van der Waals surface area contributed by atoms with Crippen LogP contribution in [0.1, 0.15) is 23.7 Å². The van der Waals surface area contributed by atoms with Crippen molar-refractivity contribution in [2.75, 3.05) is 0 Å². The number of imidazole rings is 1. The molecule has 3 aromatic rings. The van der Waals surface area contributed by atoms with Gasteiger partial charge in [0.1, 0.15) is 5.82 Å². The molecule has 3 nitrogen and oxygen atoms in total. The fourth-order valence-corrected chi connectivity index (χ4v) is 3.31. The summed E-state index contributed by atoms with van der Waals surface area (Å²) in [7, 11) is 0. The Hall–Kier alpha value is -1.36. The van der Waals surface area contributed by atoms with Gasteiger partial charge in [-0.1, -0.05) is 23.7 Å². The van der Waals surface area contributed by atoms with Gasteiger partial charge >= 0.3 is 0 Å². The summed E-state index contributed by atoms with van der Waals surface area (Å²) >= 11 is 7.93. The van der Waals surface area contributed by atoms with E-state index in [1.807, 2.05) is 35.7 Å². The van der Waals surface area contributed by atoms with Gasteiger partial charge in [0.05, 0.1) is 22.1 Å². The molecule has 0 aliphatic heterocycles. The summed E-state index contributed by atoms with van der Waals surface area (Å²) in [5, 5.41) is 2.75. The third-order valence-electron chi connectivity index (χ3n) is 3.19. The van der Waals surface area contributed by atoms with E-state index in [0.717, 1.165) is 33.3 Å². The van der Waals surface area contributed by atoms with Crippen molar-refractivity contribution >= 4 is 34.0 Å². The van der Waals surface area contributed by atoms with E-state index in [4.69, 9.17) is 17.3 Å². The summed E-state index contributed by atoms with van der Waals surface area (Å²) in [5.74, 6) is 0.869. The molecule has 2 N–H and O–H groups in total. The second-order valence-corrected chi connectivity index (χ2v) is 5.70. The Bertz CT molecular complexity index is 703. The lowest BCUT2D eigenvalue weighted by Crippen LogP contribution is -2.16. The molecule has 0 aliphatic rings. The molecule has 2 aromatic heterocycles. The third-order valence-corrected chi connectivity index (χ3v) is 4.45. The summed E-state index contributed by atoms with van der Waals surface area (Å²) in [6.45, 7) is 2.88. The van der Waals surface area contributed by atoms with Gasteiger partial charge in [-0.3, -0.25) is 0 Å². The molecule has 19 heavy (non-hydrogen) atoms. The lowest BCUT2D eigenvalue weighted by atomic mass is 10.2. The Morgan fingerprint density at radius 3 is 2.89 bits per heavy atom. The molecule has 1 unspecified atom stereocenters. The van der Waals surface area contributed by atoms with E-state index >= 15 is 0 Å². The van der Waals surface area contributed by atoms with Crippen LogP contribution in [0.2, 0.25) is 5.02 Å². The second kappa shape index (κ2) is 4.96. The highest BCUT2D eigenvalue weighted by Gasteiger charge is 2.19. The highest BCUT2D eigenvalue weighted by Crippen LogP contribution is 2.30. The van der Waals surface area contributed by atoms with E-state index in [2.05, 4.69) is 16.5 Å². The van der Waals surface area contributed by atoms with Crippen molar-refractivity contribution in [1.29, 1.82) is 0 Å². The predicted molar refractivity (Wildman–Crippen MR) is 80.8 cm³/mol. The molecule has 5 heteroatoms. The van der Waals surface area contributed by atoms with Gasteiger partial charge < -0.3 is 10.3 Å². The minimum atomic E-state index is -0.205. The molecule has 2 heterocycles. The molecular formula is C14H14ClN3S. The number of aromatic nitrogens is 2. The van der Waals surface area contributed by atoms with Crippen LogP contribution in [0.4, 0.5) is 0 Å². The monoisotopic (exact) mass is 291 g/mol. The highest BCUT2D eigenvalue weighted by atomic mass is 35.5. The van der Waals surface area contributed by atoms with Gasteiger partial charge in [-0.25, -0.2) is 4.98 Å². The maximum absolute atomic E-state index is 6.34. The van der Waals surface area contributed by atoms with Crippen molar-refractivity contribution in [2.24, 2.45) is 5.73 Å². The first-order chi connectivity index (χ1) is 9.22. The van der Waals surface area contributed by atoms with Crippen LogP contribution in [0, 0.1) is 0 Å². The smallest absolute Gasteiger partial charge is 0.132 e. The molecule has 0 radical (unpaired) electrons. The third kappa shape index (κ3) is 2.06. The Labute approximate surface area is 120 Å². The van der Waals surface area contributed by atoms with Gasteiger partial charge in [0.2, 0.25) is 0 Å². The molecule has 0 bridgehead atoms. The van der Waals surface area contributed by atoms with Gasteiger partial charge in [-0.15, -0.1) is 11.3 Å². The van der Waals surface area contributed by atoms with Crippen LogP contribution >= 0.6 is 22.9 Å². The van der Waals surface area contributed by atoms with Gasteiger partial charge in [0, 0.05) is 11.4 Å². The van der Waals surface area contributed by atoms with Crippen LogP contribution in [-0.2, 0) is 6.54 Å². The summed E-state index contributed by atoms with van der Waals surface area (Å²) in [6.07, 6.45) is 0. The number of para-hydroxylation sites is 1. The SMILES string of the molecule is CCn1c(C(N)c2cccs2)nc2cccc(Cl)c21. The van der Waals surface area contributed by atoms with Crippen LogP contribution in [0.3, 0.4) is 0 Å². The van der Waals surface area contributed by atoms with Crippen molar-refractivity contribution in [3.63, 3.8) is 0 Å². The molecule has 1 atom stereocenters. The van der Waals surface area contributed by atoms with E-state index in [-0.39, 0.29) is 6.04 Å². The number of aryl methyl sites for hydroxylation is 1. The molecule has 3 rings (SSSR count). The number of benzene rings is 1. The van der Waals surface area contributed by atoms with E-state index in [1.165, 1.54) is 0 Å². The molecule has 0 saturated carbocycles. The first kappa shape index (κ1) is 12.7. The quantitative estimate of drug-likeness (QED) is 0.797. The summed E-state index contributed by atoms with van der Waals surface area (Å²) in [4.78, 5) is 5.77. The summed E-state index contributed by atoms with van der Waals surface area (Å²) in [6, 6.07) is 9.61. The first-order valence-electron chi connectivity index (χ1n) is 6.16. The average molecular weight is 292 g/mol. The summed E-state index contributed by atoms with van der Waals surface area (Å²) in [5.41, 5.74) is 8.20. The van der Waals surface area contributed by atoms with Crippen LogP contribution in [0.15, 0.2) is 35.7 Å². The van der Waals surface area contributed by atoms with Crippen molar-refractivity contribution in [3.8, 4) is 0 Å². The number of nitrogens with zero attached hydrogens (tertiary/aromatic N) is 2. The molecule has 98 valence electrons. The predicted octanol–water partition coefficient (Wildman–Crippen LogP) is 3.82. The second-order valence-electron chi connectivity index (χ2n) is 4.31. The first-order valence-corrected chi connectivity index (χ1v) is 7.41. The molecule has 0 saturated heterocycles. The van der Waals surface area contributed by atoms with Gasteiger partial charge in [0.25, 0.3) is 0 Å². The Morgan fingerprint density at radius 1 is 1.37 bits per heavy atom. The van der Waals surface area contributed by atoms with Crippen molar-refractivity contribution in [2.45, 2.75) is 19.5 Å². The zero-order valence-electron chi connectivity index (χ0n) is 10.5. The Balaban J connectivity index is 2.21. The maximum atomic E-state index is 6.34. The number of halogens is 1. The van der Waals surface area contributed by atoms with Crippen molar-refractivity contribution in [3.05, 3.63) is 51.4 Å². The fraction of sp³-hybridized carbons (Fsp3) is 0.214. The molecule has 1 aromatic carbocycles. The van der Waals surface area contributed by atoms with Crippen LogP contribution in [-0.4, -0.2) is 9.55 Å². The fourth-order valence-electron chi connectivity index (χ4n) is 2.31. The summed E-state index contributed by atoms with van der Waals surface area (Å²) < 4.78 is 2.10. The number of rotatable bonds is 3. The number of nitrogens with two attached hydrogens (primary N) is 1. The lowest BCUT2D eigenvalue weighted by Gasteiger charge is -2.12. The molecular weight excluding hydrogens is 278 g/mol. The minimum Gasteiger partial charge on any atom is -0.325 e. The van der Waals surface area contributed by atoms with E-state index in [0.29, 0.717) is 0 Å². The average Bonchev–Trinajstić information content (AvgIpc) is 3.05. The molecule has 0 amide bonds. The number of hydrogen-bond donors (Lipinski definition) is 1. The maximum Gasteiger partial charge on any atom is 0.132 e. The Morgan fingerprint density at radius 2 is 2.21 bits per heavy atom. The van der Waals surface area contributed by atoms with Crippen LogP contribution in [0.25, 0.3) is 11.0 Å². The highest BCUT2D eigenvalue weighted by molar-refractivity contribution is 7.10. The lowest BCUT2D eigenvalue weighted by molar-refractivity contribution is 0.677. The Kier molecular flexibility index (Phi) is 3.31. The zero-order valence-corrected chi connectivity index (χ0v) is 12.1. The van der Waals surface area contributed by atoms with Crippen LogP contribution < -0.4 is 5.73 Å². The normalized spacial score (nSPS) is 13.0. The molecule has 0 aliphatic carbocycles. The standard InChI is InChI=1S/C14H14ClN3S/c1-2-18-13-9(15)5-3-6-10(13)17-14(18)12(16)11-7-4-8-19-11/h3-8,12H,2,16H2,1H3. The van der Waals surface area contributed by atoms with Gasteiger partial charge in [0.15, 0.2) is 0 Å². The van der Waals surface area contributed by atoms with Gasteiger partial charge in [-0.05, 0) is 30.5 Å². The zero-order chi connectivity index (χ0) is 13.4. The molecule has 0 spiro atoms. The number of thiophene rings is 1. The van der Waals surface area contributed by atoms with Crippen LogP contribution in [0.5, 0.6) is 0 Å². The number of fused-ring (bicyclic) bond motifs is 1. The van der Waals surface area contributed by atoms with E-state index < -0.39 is 0 Å². The van der Waals surface area contributed by atoms with E-state index in [1.54, 1.807) is 11.3 Å². The molecule has 0 fully saturated rings. The van der Waals surface area contributed by atoms with Crippen molar-refractivity contribution < 1.29 is 0 Å².